The zero-order valence-corrected chi connectivity index (χ0v) is 7.77. The largest absolute Gasteiger partial charge is 0.264 e. The lowest BCUT2D eigenvalue weighted by Gasteiger charge is -2.02. The van der Waals surface area contributed by atoms with Crippen molar-refractivity contribution in [2.24, 2.45) is 0 Å². The first-order valence-electron chi connectivity index (χ1n) is 3.88. The van der Waals surface area contributed by atoms with Gasteiger partial charge in [0.2, 0.25) is 0 Å². The average molecular weight is 196 g/mol. The van der Waals surface area contributed by atoms with Gasteiger partial charge in [-0.1, -0.05) is 11.6 Å². The molecule has 1 aromatic carbocycles. The van der Waals surface area contributed by atoms with Gasteiger partial charge in [0.15, 0.2) is 0 Å². The maximum Gasteiger partial charge on any atom is 0.134 e. The van der Waals surface area contributed by atoms with Crippen molar-refractivity contribution in [1.29, 1.82) is 0 Å². The van der Waals surface area contributed by atoms with Crippen LogP contribution in [0.2, 0.25) is 5.02 Å². The van der Waals surface area contributed by atoms with Crippen LogP contribution >= 0.6 is 11.6 Å². The van der Waals surface area contributed by atoms with E-state index in [0.29, 0.717) is 10.4 Å². The molecular weight excluding hydrogens is 189 g/mol. The number of pyridine rings is 1. The van der Waals surface area contributed by atoms with Crippen molar-refractivity contribution < 1.29 is 4.39 Å². The quantitative estimate of drug-likeness (QED) is 0.628. The highest BCUT2D eigenvalue weighted by atomic mass is 35.5. The van der Waals surface area contributed by atoms with E-state index in [1.165, 1.54) is 12.3 Å². The number of halogens is 2. The summed E-state index contributed by atoms with van der Waals surface area (Å²) in [5.74, 6) is -0.321. The van der Waals surface area contributed by atoms with Crippen LogP contribution in [0.1, 0.15) is 5.56 Å². The second-order valence-corrected chi connectivity index (χ2v) is 3.38. The van der Waals surface area contributed by atoms with Gasteiger partial charge in [-0.25, -0.2) is 4.39 Å². The summed E-state index contributed by atoms with van der Waals surface area (Å²) in [5, 5.41) is 1.75. The molecule has 0 aliphatic carbocycles. The number of hydrogen-bond acceptors (Lipinski definition) is 1. The SMILES string of the molecule is Cc1cncc2c(F)cc(Cl)cc12. The first kappa shape index (κ1) is 8.45. The van der Waals surface area contributed by atoms with Crippen molar-refractivity contribution in [2.45, 2.75) is 6.92 Å². The van der Waals surface area contributed by atoms with E-state index in [2.05, 4.69) is 4.98 Å². The molecule has 66 valence electrons. The fourth-order valence-corrected chi connectivity index (χ4v) is 1.54. The van der Waals surface area contributed by atoms with Gasteiger partial charge < -0.3 is 0 Å². The maximum atomic E-state index is 13.3. The zero-order valence-electron chi connectivity index (χ0n) is 7.01. The molecule has 0 saturated carbocycles. The third-order valence-corrected chi connectivity index (χ3v) is 2.21. The van der Waals surface area contributed by atoms with Crippen molar-refractivity contribution >= 4 is 22.4 Å². The first-order valence-corrected chi connectivity index (χ1v) is 4.25. The molecule has 1 heterocycles. The Labute approximate surface area is 80.2 Å². The second-order valence-electron chi connectivity index (χ2n) is 2.94. The van der Waals surface area contributed by atoms with Crippen molar-refractivity contribution in [3.63, 3.8) is 0 Å². The molecule has 3 heteroatoms. The molecule has 0 spiro atoms. The molecule has 2 rings (SSSR count). The number of benzene rings is 1. The van der Waals surface area contributed by atoms with Gasteiger partial charge in [0, 0.05) is 22.8 Å². The summed E-state index contributed by atoms with van der Waals surface area (Å²) in [4.78, 5) is 3.92. The van der Waals surface area contributed by atoms with E-state index >= 15 is 0 Å². The highest BCUT2D eigenvalue weighted by Crippen LogP contribution is 2.24. The van der Waals surface area contributed by atoms with Gasteiger partial charge in [-0.05, 0) is 30.0 Å². The van der Waals surface area contributed by atoms with Crippen molar-refractivity contribution in [1.82, 2.24) is 4.98 Å². The Balaban J connectivity index is 2.94. The third-order valence-electron chi connectivity index (χ3n) is 1.99. The Bertz CT molecular complexity index is 468. The van der Waals surface area contributed by atoms with Crippen LogP contribution in [0.3, 0.4) is 0 Å². The highest BCUT2D eigenvalue weighted by molar-refractivity contribution is 6.31. The number of nitrogens with zero attached hydrogens (tertiary/aromatic N) is 1. The summed E-state index contributed by atoms with van der Waals surface area (Å²) in [5.41, 5.74) is 0.930. The predicted molar refractivity (Wildman–Crippen MR) is 51.4 cm³/mol. The summed E-state index contributed by atoms with van der Waals surface area (Å²) < 4.78 is 13.3. The van der Waals surface area contributed by atoms with Crippen LogP contribution in [0.4, 0.5) is 4.39 Å². The van der Waals surface area contributed by atoms with Crippen LogP contribution in [-0.2, 0) is 0 Å². The van der Waals surface area contributed by atoms with E-state index < -0.39 is 0 Å². The topological polar surface area (TPSA) is 12.9 Å². The van der Waals surface area contributed by atoms with Gasteiger partial charge in [0.25, 0.3) is 0 Å². The van der Waals surface area contributed by atoms with E-state index in [4.69, 9.17) is 11.6 Å². The molecular formula is C10H7ClFN. The van der Waals surface area contributed by atoms with Crippen molar-refractivity contribution in [3.8, 4) is 0 Å². The molecule has 1 nitrogen and oxygen atoms in total. The smallest absolute Gasteiger partial charge is 0.134 e. The minimum atomic E-state index is -0.321. The molecule has 0 unspecified atom stereocenters. The van der Waals surface area contributed by atoms with Gasteiger partial charge in [-0.15, -0.1) is 0 Å². The standard InChI is InChI=1S/C10H7ClFN/c1-6-4-13-5-9-8(6)2-7(11)3-10(9)12/h2-5H,1H3. The van der Waals surface area contributed by atoms with Gasteiger partial charge >= 0.3 is 0 Å². The van der Waals surface area contributed by atoms with Crippen LogP contribution in [0, 0.1) is 12.7 Å². The molecule has 0 bridgehead atoms. The number of hydrogen-bond donors (Lipinski definition) is 0. The number of aryl methyl sites for hydroxylation is 1. The number of rotatable bonds is 0. The lowest BCUT2D eigenvalue weighted by Crippen LogP contribution is -1.85. The summed E-state index contributed by atoms with van der Waals surface area (Å²) in [6, 6.07) is 3.04. The van der Waals surface area contributed by atoms with E-state index in [-0.39, 0.29) is 5.82 Å². The number of aromatic nitrogens is 1. The lowest BCUT2D eigenvalue weighted by atomic mass is 10.1. The van der Waals surface area contributed by atoms with E-state index in [1.807, 2.05) is 6.92 Å². The normalized spacial score (nSPS) is 10.7. The van der Waals surface area contributed by atoms with E-state index in [1.54, 1.807) is 12.3 Å². The molecule has 13 heavy (non-hydrogen) atoms. The van der Waals surface area contributed by atoms with Crippen LogP contribution in [0.15, 0.2) is 24.5 Å². The molecule has 0 atom stereocenters. The van der Waals surface area contributed by atoms with Gasteiger partial charge in [-0.2, -0.15) is 0 Å². The minimum absolute atomic E-state index is 0.321. The fourth-order valence-electron chi connectivity index (χ4n) is 1.34. The molecule has 0 amide bonds. The Morgan fingerprint density at radius 3 is 2.77 bits per heavy atom. The average Bonchev–Trinajstić information content (AvgIpc) is 2.07. The third kappa shape index (κ3) is 1.38. The molecule has 0 aliphatic heterocycles. The second kappa shape index (κ2) is 2.96. The maximum absolute atomic E-state index is 13.3. The fraction of sp³-hybridized carbons (Fsp3) is 0.100. The first-order chi connectivity index (χ1) is 6.18. The Kier molecular flexibility index (Phi) is 1.93. The van der Waals surface area contributed by atoms with Crippen LogP contribution in [-0.4, -0.2) is 4.98 Å². The Morgan fingerprint density at radius 1 is 1.23 bits per heavy atom. The summed E-state index contributed by atoms with van der Waals surface area (Å²) in [7, 11) is 0. The molecule has 0 radical (unpaired) electrons. The van der Waals surface area contributed by atoms with Gasteiger partial charge in [-0.3, -0.25) is 4.98 Å². The van der Waals surface area contributed by atoms with Crippen LogP contribution < -0.4 is 0 Å². The molecule has 0 N–H and O–H groups in total. The van der Waals surface area contributed by atoms with E-state index in [0.717, 1.165) is 10.9 Å². The van der Waals surface area contributed by atoms with Crippen molar-refractivity contribution in [2.75, 3.05) is 0 Å². The predicted octanol–water partition coefficient (Wildman–Crippen LogP) is 3.34. The van der Waals surface area contributed by atoms with Gasteiger partial charge in [0.05, 0.1) is 0 Å². The lowest BCUT2D eigenvalue weighted by molar-refractivity contribution is 0.639. The van der Waals surface area contributed by atoms with Gasteiger partial charge in [0.1, 0.15) is 5.82 Å². The molecule has 1 aromatic heterocycles. The molecule has 0 fully saturated rings. The van der Waals surface area contributed by atoms with Crippen molar-refractivity contribution in [3.05, 3.63) is 40.9 Å². The summed E-state index contributed by atoms with van der Waals surface area (Å²) in [6.07, 6.45) is 3.20. The van der Waals surface area contributed by atoms with Crippen LogP contribution in [0.25, 0.3) is 10.8 Å². The van der Waals surface area contributed by atoms with E-state index in [9.17, 15) is 4.39 Å². The zero-order chi connectivity index (χ0) is 9.42. The molecule has 0 saturated heterocycles. The monoisotopic (exact) mass is 195 g/mol. The Hall–Kier alpha value is -1.15. The molecule has 2 aromatic rings. The summed E-state index contributed by atoms with van der Waals surface area (Å²) >= 11 is 5.74. The minimum Gasteiger partial charge on any atom is -0.264 e. The summed E-state index contributed by atoms with van der Waals surface area (Å²) in [6.45, 7) is 1.88. The number of fused-ring (bicyclic) bond motifs is 1. The van der Waals surface area contributed by atoms with Crippen LogP contribution in [0.5, 0.6) is 0 Å². The Morgan fingerprint density at radius 2 is 2.00 bits per heavy atom. The molecule has 0 aliphatic rings. The highest BCUT2D eigenvalue weighted by Gasteiger charge is 2.04.